The molecule has 1 aliphatic heterocycles. The second-order valence-electron chi connectivity index (χ2n) is 3.66. The van der Waals surface area contributed by atoms with Crippen molar-refractivity contribution in [2.45, 2.75) is 6.92 Å². The molecule has 2 rings (SSSR count). The lowest BCUT2D eigenvalue weighted by Gasteiger charge is -2.19. The molecule has 5 heteroatoms. The van der Waals surface area contributed by atoms with Gasteiger partial charge in [-0.3, -0.25) is 4.79 Å². The van der Waals surface area contributed by atoms with Gasteiger partial charge in [0.25, 0.3) is 5.78 Å². The van der Waals surface area contributed by atoms with E-state index in [1.807, 2.05) is 0 Å². The van der Waals surface area contributed by atoms with Crippen LogP contribution in [0.3, 0.4) is 0 Å². The Hall–Kier alpha value is -2.30. The van der Waals surface area contributed by atoms with E-state index in [0.717, 1.165) is 0 Å². The fourth-order valence-corrected chi connectivity index (χ4v) is 1.66. The normalized spacial score (nSPS) is 13.6. The van der Waals surface area contributed by atoms with Gasteiger partial charge in [-0.05, 0) is 19.1 Å². The number of ketones is 1. The quantitative estimate of drug-likeness (QED) is 0.648. The smallest absolute Gasteiger partial charge is 0.379 e. The maximum absolute atomic E-state index is 11.7. The number of carbonyl (C=O) groups is 2. The Bertz CT molecular complexity index is 530. The number of esters is 1. The molecular weight excluding hydrogens is 236 g/mol. The van der Waals surface area contributed by atoms with Crippen molar-refractivity contribution in [3.8, 4) is 5.75 Å². The summed E-state index contributed by atoms with van der Waals surface area (Å²) >= 11 is 0. The van der Waals surface area contributed by atoms with Crippen LogP contribution in [0, 0.1) is 0 Å². The maximum atomic E-state index is 11.7. The summed E-state index contributed by atoms with van der Waals surface area (Å²) in [4.78, 5) is 23.1. The summed E-state index contributed by atoms with van der Waals surface area (Å²) in [6, 6.07) is 6.75. The fraction of sp³-hybridized carbons (Fsp3) is 0.231. The molecular formula is C13H12O5. The molecule has 0 atom stereocenters. The lowest BCUT2D eigenvalue weighted by atomic mass is 10.0. The van der Waals surface area contributed by atoms with Gasteiger partial charge in [0.2, 0.25) is 0 Å². The fourth-order valence-electron chi connectivity index (χ4n) is 1.66. The van der Waals surface area contributed by atoms with Crippen molar-refractivity contribution in [1.82, 2.24) is 0 Å². The third kappa shape index (κ3) is 2.07. The van der Waals surface area contributed by atoms with Crippen LogP contribution in [0.15, 0.2) is 29.8 Å². The molecule has 18 heavy (non-hydrogen) atoms. The van der Waals surface area contributed by atoms with Crippen molar-refractivity contribution >= 4 is 17.5 Å². The van der Waals surface area contributed by atoms with Gasteiger partial charge in [-0.2, -0.15) is 0 Å². The van der Waals surface area contributed by atoms with Crippen molar-refractivity contribution in [3.63, 3.8) is 0 Å². The monoisotopic (exact) mass is 248 g/mol. The van der Waals surface area contributed by atoms with E-state index in [1.54, 1.807) is 31.2 Å². The molecule has 0 saturated heterocycles. The Kier molecular flexibility index (Phi) is 3.32. The molecule has 1 aromatic rings. The zero-order chi connectivity index (χ0) is 13.1. The van der Waals surface area contributed by atoms with Crippen LogP contribution in [0.4, 0.5) is 0 Å². The van der Waals surface area contributed by atoms with Crippen LogP contribution < -0.4 is 4.74 Å². The van der Waals surface area contributed by atoms with Crippen LogP contribution in [-0.2, 0) is 14.3 Å². The number of Topliss-reactive ketones (excluding diaryl/α,β-unsaturated/α-hetero) is 1. The number of para-hydroxylation sites is 1. The van der Waals surface area contributed by atoms with Crippen molar-refractivity contribution in [2.24, 2.45) is 0 Å². The SMILES string of the molecule is CCOC(=O)C(=O)C1=C(O)c2ccccc2OC1. The minimum atomic E-state index is -0.984. The van der Waals surface area contributed by atoms with Gasteiger partial charge in [-0.25, -0.2) is 4.79 Å². The van der Waals surface area contributed by atoms with Gasteiger partial charge < -0.3 is 14.6 Å². The highest BCUT2D eigenvalue weighted by Crippen LogP contribution is 2.31. The Labute approximate surface area is 104 Å². The standard InChI is InChI=1S/C13H12O5/c1-2-17-13(16)12(15)9-7-18-10-6-4-3-5-8(10)11(9)14/h3-6,14H,2,7H2,1H3. The summed E-state index contributed by atoms with van der Waals surface area (Å²) in [6.45, 7) is 1.57. The van der Waals surface area contributed by atoms with Gasteiger partial charge in [0.05, 0.1) is 17.7 Å². The number of aliphatic hydroxyl groups is 1. The molecule has 0 aliphatic carbocycles. The second kappa shape index (κ2) is 4.91. The van der Waals surface area contributed by atoms with Gasteiger partial charge in [-0.1, -0.05) is 12.1 Å². The molecule has 0 fully saturated rings. The van der Waals surface area contributed by atoms with E-state index in [-0.39, 0.29) is 24.5 Å². The van der Waals surface area contributed by atoms with Crippen LogP contribution in [0.2, 0.25) is 0 Å². The summed E-state index contributed by atoms with van der Waals surface area (Å²) in [5, 5.41) is 9.98. The number of aliphatic hydroxyl groups excluding tert-OH is 1. The second-order valence-corrected chi connectivity index (χ2v) is 3.66. The maximum Gasteiger partial charge on any atom is 0.379 e. The Morgan fingerprint density at radius 2 is 2.11 bits per heavy atom. The Balaban J connectivity index is 2.35. The molecule has 1 heterocycles. The third-order valence-electron chi connectivity index (χ3n) is 2.53. The largest absolute Gasteiger partial charge is 0.507 e. The first kappa shape index (κ1) is 12.2. The van der Waals surface area contributed by atoms with Gasteiger partial charge in [0.1, 0.15) is 18.1 Å². The van der Waals surface area contributed by atoms with E-state index in [2.05, 4.69) is 4.74 Å². The first-order chi connectivity index (χ1) is 8.65. The summed E-state index contributed by atoms with van der Waals surface area (Å²) in [5.74, 6) is -1.60. The number of carbonyl (C=O) groups excluding carboxylic acids is 2. The minimum Gasteiger partial charge on any atom is -0.507 e. The lowest BCUT2D eigenvalue weighted by Crippen LogP contribution is -2.26. The van der Waals surface area contributed by atoms with Gasteiger partial charge in [0.15, 0.2) is 0 Å². The first-order valence-electron chi connectivity index (χ1n) is 5.51. The van der Waals surface area contributed by atoms with Gasteiger partial charge in [-0.15, -0.1) is 0 Å². The van der Waals surface area contributed by atoms with E-state index < -0.39 is 11.8 Å². The zero-order valence-corrected chi connectivity index (χ0v) is 9.80. The molecule has 94 valence electrons. The molecule has 0 saturated carbocycles. The molecule has 5 nitrogen and oxygen atoms in total. The highest BCUT2D eigenvalue weighted by Gasteiger charge is 2.29. The molecule has 0 spiro atoms. The zero-order valence-electron chi connectivity index (χ0n) is 9.80. The minimum absolute atomic E-state index is 0.0767. The van der Waals surface area contributed by atoms with E-state index in [4.69, 9.17) is 4.74 Å². The van der Waals surface area contributed by atoms with Crippen molar-refractivity contribution in [1.29, 1.82) is 0 Å². The van der Waals surface area contributed by atoms with Crippen molar-refractivity contribution < 1.29 is 24.2 Å². The number of hydrogen-bond donors (Lipinski definition) is 1. The topological polar surface area (TPSA) is 72.8 Å². The van der Waals surface area contributed by atoms with Crippen LogP contribution in [-0.4, -0.2) is 30.1 Å². The third-order valence-corrected chi connectivity index (χ3v) is 2.53. The molecule has 0 unspecified atom stereocenters. The summed E-state index contributed by atoms with van der Waals surface area (Å²) in [5.41, 5.74) is 0.323. The number of benzene rings is 1. The predicted octanol–water partition coefficient (Wildman–Crippen LogP) is 1.48. The van der Waals surface area contributed by atoms with E-state index in [9.17, 15) is 14.7 Å². The number of fused-ring (bicyclic) bond motifs is 1. The summed E-state index contributed by atoms with van der Waals surface area (Å²) in [7, 11) is 0. The van der Waals surface area contributed by atoms with E-state index >= 15 is 0 Å². The average Bonchev–Trinajstić information content (AvgIpc) is 2.39. The van der Waals surface area contributed by atoms with E-state index in [1.165, 1.54) is 0 Å². The van der Waals surface area contributed by atoms with Crippen LogP contribution in [0.1, 0.15) is 12.5 Å². The Morgan fingerprint density at radius 1 is 1.39 bits per heavy atom. The number of rotatable bonds is 3. The highest BCUT2D eigenvalue weighted by atomic mass is 16.5. The van der Waals surface area contributed by atoms with Crippen molar-refractivity contribution in [2.75, 3.05) is 13.2 Å². The lowest BCUT2D eigenvalue weighted by molar-refractivity contribution is -0.152. The number of ether oxygens (including phenoxy) is 2. The molecule has 0 bridgehead atoms. The van der Waals surface area contributed by atoms with Crippen LogP contribution in [0.5, 0.6) is 5.75 Å². The average molecular weight is 248 g/mol. The van der Waals surface area contributed by atoms with Crippen molar-refractivity contribution in [3.05, 3.63) is 35.4 Å². The summed E-state index contributed by atoms with van der Waals surface area (Å²) < 4.78 is 9.91. The predicted molar refractivity (Wildman–Crippen MR) is 63.1 cm³/mol. The first-order valence-corrected chi connectivity index (χ1v) is 5.51. The van der Waals surface area contributed by atoms with Gasteiger partial charge >= 0.3 is 5.97 Å². The van der Waals surface area contributed by atoms with Gasteiger partial charge in [0, 0.05) is 0 Å². The highest BCUT2D eigenvalue weighted by molar-refractivity contribution is 6.41. The molecule has 0 aromatic heterocycles. The Morgan fingerprint density at radius 3 is 2.83 bits per heavy atom. The molecule has 1 aliphatic rings. The van der Waals surface area contributed by atoms with Crippen LogP contribution in [0.25, 0.3) is 5.76 Å². The number of hydrogen-bond acceptors (Lipinski definition) is 5. The van der Waals surface area contributed by atoms with Crippen LogP contribution >= 0.6 is 0 Å². The molecule has 0 amide bonds. The summed E-state index contributed by atoms with van der Waals surface area (Å²) in [6.07, 6.45) is 0. The molecule has 1 N–H and O–H groups in total. The molecule has 1 aromatic carbocycles. The molecule has 0 radical (unpaired) electrons. The van der Waals surface area contributed by atoms with E-state index in [0.29, 0.717) is 11.3 Å².